The number of aliphatic carboxylic acids is 1. The zero-order chi connectivity index (χ0) is 28.6. The van der Waals surface area contributed by atoms with Gasteiger partial charge < -0.3 is 36.0 Å². The van der Waals surface area contributed by atoms with Crippen LogP contribution >= 0.6 is 34.5 Å². The van der Waals surface area contributed by atoms with Gasteiger partial charge in [-0.1, -0.05) is 23.2 Å². The Bertz CT molecular complexity index is 1550. The van der Waals surface area contributed by atoms with Gasteiger partial charge in [-0.15, -0.1) is 11.3 Å². The first-order valence-electron chi connectivity index (χ1n) is 11.2. The number of nitrogens with one attached hydrogen (secondary N) is 1. The van der Waals surface area contributed by atoms with Crippen molar-refractivity contribution in [2.75, 3.05) is 6.54 Å². The van der Waals surface area contributed by atoms with E-state index in [0.29, 0.717) is 31.1 Å². The van der Waals surface area contributed by atoms with Crippen molar-refractivity contribution in [1.82, 2.24) is 15.1 Å². The number of hydrogen-bond donors (Lipinski definition) is 7. The van der Waals surface area contributed by atoms with Gasteiger partial charge in [0.05, 0.1) is 34.3 Å². The van der Waals surface area contributed by atoms with Gasteiger partial charge in [0.25, 0.3) is 5.91 Å². The summed E-state index contributed by atoms with van der Waals surface area (Å²) >= 11 is 13.4. The molecule has 0 spiro atoms. The van der Waals surface area contributed by atoms with Crippen LogP contribution in [0.3, 0.4) is 0 Å². The van der Waals surface area contributed by atoms with Gasteiger partial charge in [0, 0.05) is 27.0 Å². The first-order valence-corrected chi connectivity index (χ1v) is 12.8. The lowest BCUT2D eigenvalue weighted by atomic mass is 10.0. The average Bonchev–Trinajstić information content (AvgIpc) is 3.54. The molecule has 1 amide bonds. The maximum atomic E-state index is 12.4. The van der Waals surface area contributed by atoms with Crippen LogP contribution in [0.4, 0.5) is 0 Å². The SMILES string of the molecule is CC(c1ccc(C(=O)NCCC(=O)O)s1)n1nc(-c2cc(Cl)cc(Cl)c2)cc1-c1c(O)c(O)c(O)c(O)c1O. The largest absolute Gasteiger partial charge is 0.504 e. The molecule has 1 unspecified atom stereocenters. The second-order valence-electron chi connectivity index (χ2n) is 8.41. The Balaban J connectivity index is 1.83. The van der Waals surface area contributed by atoms with Crippen molar-refractivity contribution in [2.24, 2.45) is 0 Å². The van der Waals surface area contributed by atoms with Gasteiger partial charge >= 0.3 is 5.97 Å². The zero-order valence-electron chi connectivity index (χ0n) is 20.0. The number of carbonyl (C=O) groups is 2. The molecule has 39 heavy (non-hydrogen) atoms. The van der Waals surface area contributed by atoms with E-state index in [2.05, 4.69) is 10.4 Å². The average molecular weight is 594 g/mol. The van der Waals surface area contributed by atoms with E-state index >= 15 is 0 Å². The molecular weight excluding hydrogens is 573 g/mol. The highest BCUT2D eigenvalue weighted by Crippen LogP contribution is 2.55. The van der Waals surface area contributed by atoms with Crippen molar-refractivity contribution in [3.05, 3.63) is 56.2 Å². The van der Waals surface area contributed by atoms with Crippen LogP contribution in [-0.4, -0.2) is 58.8 Å². The van der Waals surface area contributed by atoms with E-state index in [-0.39, 0.29) is 18.7 Å². The molecule has 204 valence electrons. The molecule has 0 aliphatic heterocycles. The summed E-state index contributed by atoms with van der Waals surface area (Å²) in [6.45, 7) is 1.68. The molecule has 11 nitrogen and oxygen atoms in total. The second-order valence-corrected chi connectivity index (χ2v) is 10.4. The monoisotopic (exact) mass is 593 g/mol. The molecule has 4 rings (SSSR count). The Morgan fingerprint density at radius 2 is 1.54 bits per heavy atom. The summed E-state index contributed by atoms with van der Waals surface area (Å²) in [7, 11) is 0. The summed E-state index contributed by atoms with van der Waals surface area (Å²) in [6, 6.07) is 8.74. The zero-order valence-corrected chi connectivity index (χ0v) is 22.3. The predicted molar refractivity (Wildman–Crippen MR) is 144 cm³/mol. The topological polar surface area (TPSA) is 185 Å². The van der Waals surface area contributed by atoms with Gasteiger partial charge in [-0.3, -0.25) is 14.3 Å². The van der Waals surface area contributed by atoms with Crippen molar-refractivity contribution in [3.63, 3.8) is 0 Å². The Morgan fingerprint density at radius 1 is 0.949 bits per heavy atom. The summed E-state index contributed by atoms with van der Waals surface area (Å²) in [5.74, 6) is -6.52. The fourth-order valence-corrected chi connectivity index (χ4v) is 5.32. The van der Waals surface area contributed by atoms with Gasteiger partial charge in [0.2, 0.25) is 17.2 Å². The number of benzene rings is 2. The number of nitrogens with zero attached hydrogens (tertiary/aromatic N) is 2. The number of carboxylic acid groups (broad SMARTS) is 1. The number of aromatic nitrogens is 2. The maximum Gasteiger partial charge on any atom is 0.305 e. The van der Waals surface area contributed by atoms with E-state index in [9.17, 15) is 35.1 Å². The molecule has 4 aromatic rings. The Hall–Kier alpha value is -4.13. The molecule has 0 saturated carbocycles. The van der Waals surface area contributed by atoms with Crippen LogP contribution in [-0.2, 0) is 4.79 Å². The fourth-order valence-electron chi connectivity index (χ4n) is 3.84. The Labute approximate surface area is 234 Å². The van der Waals surface area contributed by atoms with Gasteiger partial charge in [-0.2, -0.15) is 5.10 Å². The normalized spacial score (nSPS) is 11.9. The van der Waals surface area contributed by atoms with E-state index in [4.69, 9.17) is 28.3 Å². The number of carboxylic acids is 1. The van der Waals surface area contributed by atoms with Crippen LogP contribution < -0.4 is 5.32 Å². The molecule has 0 bridgehead atoms. The molecule has 0 aliphatic carbocycles. The Kier molecular flexibility index (Phi) is 7.82. The van der Waals surface area contributed by atoms with Gasteiger partial charge in [0.1, 0.15) is 0 Å². The van der Waals surface area contributed by atoms with Gasteiger partial charge in [0.15, 0.2) is 11.5 Å². The van der Waals surface area contributed by atoms with Crippen LogP contribution in [0.25, 0.3) is 22.5 Å². The number of phenolic OH excluding ortho intramolecular Hbond substituents is 5. The first-order chi connectivity index (χ1) is 18.4. The third-order valence-electron chi connectivity index (χ3n) is 5.77. The minimum atomic E-state index is -1.11. The van der Waals surface area contributed by atoms with Crippen molar-refractivity contribution < 1.29 is 40.2 Å². The highest BCUT2D eigenvalue weighted by molar-refractivity contribution is 7.14. The highest BCUT2D eigenvalue weighted by Gasteiger charge is 2.29. The van der Waals surface area contributed by atoms with Crippen molar-refractivity contribution in [3.8, 4) is 51.3 Å². The van der Waals surface area contributed by atoms with Crippen molar-refractivity contribution >= 4 is 46.4 Å². The number of halogens is 2. The summed E-state index contributed by atoms with van der Waals surface area (Å²) in [5.41, 5.74) is 0.408. The van der Waals surface area contributed by atoms with Gasteiger partial charge in [-0.25, -0.2) is 0 Å². The number of amides is 1. The summed E-state index contributed by atoms with van der Waals surface area (Å²) < 4.78 is 1.38. The fraction of sp³-hybridized carbons (Fsp3) is 0.160. The second kappa shape index (κ2) is 10.9. The molecular formula is C25H21Cl2N3O8S. The van der Waals surface area contributed by atoms with Crippen molar-refractivity contribution in [2.45, 2.75) is 19.4 Å². The maximum absolute atomic E-state index is 12.4. The van der Waals surface area contributed by atoms with Gasteiger partial charge in [-0.05, 0) is 43.3 Å². The lowest BCUT2D eigenvalue weighted by Crippen LogP contribution is -2.25. The summed E-state index contributed by atoms with van der Waals surface area (Å²) in [5, 5.41) is 67.9. The number of rotatable bonds is 8. The quantitative estimate of drug-likeness (QED) is 0.110. The van der Waals surface area contributed by atoms with E-state index in [0.717, 1.165) is 11.3 Å². The lowest BCUT2D eigenvalue weighted by Gasteiger charge is -2.17. The molecule has 2 aromatic heterocycles. The van der Waals surface area contributed by atoms with Crippen LogP contribution in [0.2, 0.25) is 10.0 Å². The molecule has 0 radical (unpaired) electrons. The molecule has 0 aliphatic rings. The molecule has 2 aromatic carbocycles. The van der Waals surface area contributed by atoms with E-state index in [1.807, 2.05) is 0 Å². The van der Waals surface area contributed by atoms with Crippen LogP contribution in [0.1, 0.15) is 33.9 Å². The van der Waals surface area contributed by atoms with Crippen LogP contribution in [0, 0.1) is 0 Å². The number of hydrogen-bond acceptors (Lipinski definition) is 9. The summed E-state index contributed by atoms with van der Waals surface area (Å²) in [4.78, 5) is 24.1. The number of thiophene rings is 1. The number of aromatic hydroxyl groups is 5. The smallest absolute Gasteiger partial charge is 0.305 e. The lowest BCUT2D eigenvalue weighted by molar-refractivity contribution is -0.136. The van der Waals surface area contributed by atoms with E-state index in [1.54, 1.807) is 31.2 Å². The molecule has 0 fully saturated rings. The third kappa shape index (κ3) is 5.53. The standard InChI is InChI=1S/C25H21Cl2N3O8S/c1-10(16-2-3-17(39-16)25(38)28-5-4-18(31)32)30-15(19-20(33)22(35)24(37)23(36)21(19)34)9-14(29-30)11-6-12(26)8-13(27)7-11/h2-3,6-10,33-37H,4-5H2,1H3,(H,28,38)(H,31,32). The molecule has 2 heterocycles. The predicted octanol–water partition coefficient (Wildman–Crippen LogP) is 4.93. The van der Waals surface area contributed by atoms with Crippen molar-refractivity contribution in [1.29, 1.82) is 0 Å². The minimum absolute atomic E-state index is 0.0371. The first kappa shape index (κ1) is 27.9. The Morgan fingerprint density at radius 3 is 2.13 bits per heavy atom. The number of phenols is 5. The van der Waals surface area contributed by atoms with E-state index < -0.39 is 52.2 Å². The number of carbonyl (C=O) groups excluding carboxylic acids is 1. The third-order valence-corrected chi connectivity index (χ3v) is 7.47. The van der Waals surface area contributed by atoms with Crippen LogP contribution in [0.5, 0.6) is 28.7 Å². The highest BCUT2D eigenvalue weighted by atomic mass is 35.5. The molecule has 7 N–H and O–H groups in total. The molecule has 14 heteroatoms. The summed E-state index contributed by atoms with van der Waals surface area (Å²) in [6.07, 6.45) is -0.230. The molecule has 0 saturated heterocycles. The molecule has 1 atom stereocenters. The van der Waals surface area contributed by atoms with E-state index in [1.165, 1.54) is 16.8 Å². The minimum Gasteiger partial charge on any atom is -0.504 e. The van der Waals surface area contributed by atoms with Crippen LogP contribution in [0.15, 0.2) is 36.4 Å².